The minimum absolute atomic E-state index is 0.0247. The van der Waals surface area contributed by atoms with E-state index in [0.717, 1.165) is 55.7 Å². The Morgan fingerprint density at radius 1 is 1.00 bits per heavy atom. The zero-order chi connectivity index (χ0) is 24.2. The first kappa shape index (κ1) is 22.6. The van der Waals surface area contributed by atoms with Gasteiger partial charge in [-0.3, -0.25) is 4.79 Å². The van der Waals surface area contributed by atoms with Crippen LogP contribution in [0.1, 0.15) is 85.1 Å². The van der Waals surface area contributed by atoms with Gasteiger partial charge in [0.15, 0.2) is 11.5 Å². The van der Waals surface area contributed by atoms with Gasteiger partial charge in [0, 0.05) is 16.0 Å². The van der Waals surface area contributed by atoms with Crippen LogP contribution >= 0.6 is 0 Å². The van der Waals surface area contributed by atoms with E-state index in [-0.39, 0.29) is 39.1 Å². The standard InChI is InChI=1S/C29H39NO3/c1-17-18-7-8-21-27(4,19(18)15-20(31)23(17)32)12-14-29(6)22-16-26(3,24(30)33)10-9-25(22,2)11-13-28(21,29)5/h7-8,15,22,31-32H,1,9-14,16H2,2-6H3,(H2,30,33)/t22-,25-,26-,27+,28-,29+/m1/s1. The molecule has 0 spiro atoms. The number of phenols is 2. The van der Waals surface area contributed by atoms with Crippen LogP contribution in [0.3, 0.4) is 0 Å². The maximum absolute atomic E-state index is 12.5. The van der Waals surface area contributed by atoms with Gasteiger partial charge in [-0.2, -0.15) is 0 Å². The minimum atomic E-state index is -0.433. The molecule has 4 aliphatic rings. The van der Waals surface area contributed by atoms with Gasteiger partial charge in [-0.1, -0.05) is 58.9 Å². The van der Waals surface area contributed by atoms with Crippen LogP contribution in [0.15, 0.2) is 17.7 Å². The summed E-state index contributed by atoms with van der Waals surface area (Å²) in [7, 11) is 0. The molecule has 178 valence electrons. The van der Waals surface area contributed by atoms with Gasteiger partial charge in [0.1, 0.15) is 0 Å². The third kappa shape index (κ3) is 2.61. The second-order valence-corrected chi connectivity index (χ2v) is 12.8. The highest BCUT2D eigenvalue weighted by molar-refractivity contribution is 5.80. The lowest BCUT2D eigenvalue weighted by Gasteiger charge is -2.69. The summed E-state index contributed by atoms with van der Waals surface area (Å²) in [4.78, 5) is 12.5. The number of benzene rings is 1. The third-order valence-electron chi connectivity index (χ3n) is 11.3. The molecular formula is C29H39NO3. The van der Waals surface area contributed by atoms with Crippen LogP contribution in [0.4, 0.5) is 0 Å². The first-order chi connectivity index (χ1) is 15.2. The van der Waals surface area contributed by atoms with Crippen LogP contribution in [-0.4, -0.2) is 16.1 Å². The lowest BCUT2D eigenvalue weighted by Crippen LogP contribution is -2.63. The number of nitrogens with two attached hydrogens (primary N) is 1. The number of phenolic OH excluding ortho intramolecular Hbond substituents is 2. The second-order valence-electron chi connectivity index (χ2n) is 12.8. The fourth-order valence-electron chi connectivity index (χ4n) is 8.59. The quantitative estimate of drug-likeness (QED) is 0.556. The fourth-order valence-corrected chi connectivity index (χ4v) is 8.59. The summed E-state index contributed by atoms with van der Waals surface area (Å²) in [5.41, 5.74) is 8.04. The van der Waals surface area contributed by atoms with Crippen molar-refractivity contribution >= 4 is 18.6 Å². The van der Waals surface area contributed by atoms with E-state index >= 15 is 0 Å². The predicted octanol–water partition coefficient (Wildman–Crippen LogP) is 4.38. The van der Waals surface area contributed by atoms with Gasteiger partial charge in [-0.05, 0) is 84.0 Å². The van der Waals surface area contributed by atoms with Crippen LogP contribution < -0.4 is 16.2 Å². The molecule has 0 bridgehead atoms. The summed E-state index contributed by atoms with van der Waals surface area (Å²) in [5.74, 6) is 0.0597. The van der Waals surface area contributed by atoms with Crippen molar-refractivity contribution in [1.82, 2.24) is 0 Å². The number of carbonyl (C=O) groups excluding carboxylic acids is 1. The van der Waals surface area contributed by atoms with Gasteiger partial charge in [-0.25, -0.2) is 0 Å². The Morgan fingerprint density at radius 2 is 1.67 bits per heavy atom. The highest BCUT2D eigenvalue weighted by atomic mass is 16.3. The molecule has 0 aromatic heterocycles. The number of primary amides is 1. The number of amides is 1. The fraction of sp³-hybridized carbons (Fsp3) is 0.621. The molecule has 3 saturated carbocycles. The molecule has 4 aliphatic carbocycles. The smallest absolute Gasteiger partial charge is 0.223 e. The molecule has 1 aromatic rings. The highest BCUT2D eigenvalue weighted by Crippen LogP contribution is 2.74. The van der Waals surface area contributed by atoms with Crippen LogP contribution in [0.2, 0.25) is 0 Å². The van der Waals surface area contributed by atoms with E-state index in [1.165, 1.54) is 5.57 Å². The van der Waals surface area contributed by atoms with E-state index in [1.807, 2.05) is 0 Å². The minimum Gasteiger partial charge on any atom is -0.504 e. The van der Waals surface area contributed by atoms with Crippen LogP contribution in [0, 0.1) is 27.6 Å². The van der Waals surface area contributed by atoms with E-state index in [4.69, 9.17) is 5.73 Å². The number of rotatable bonds is 1. The monoisotopic (exact) mass is 449 g/mol. The Kier molecular flexibility index (Phi) is 4.41. The van der Waals surface area contributed by atoms with Crippen molar-refractivity contribution in [1.29, 1.82) is 0 Å². The summed E-state index contributed by atoms with van der Waals surface area (Å²) in [6.45, 7) is 15.8. The van der Waals surface area contributed by atoms with E-state index in [9.17, 15) is 15.0 Å². The van der Waals surface area contributed by atoms with Crippen molar-refractivity contribution in [3.05, 3.63) is 33.7 Å². The molecule has 4 nitrogen and oxygen atoms in total. The zero-order valence-electron chi connectivity index (χ0n) is 20.8. The predicted molar refractivity (Wildman–Crippen MR) is 132 cm³/mol. The van der Waals surface area contributed by atoms with E-state index in [0.29, 0.717) is 11.1 Å². The summed E-state index contributed by atoms with van der Waals surface area (Å²) in [6, 6.07) is 1.76. The molecule has 0 unspecified atom stereocenters. The Labute approximate surface area is 197 Å². The normalized spacial score (nSPS) is 43.8. The van der Waals surface area contributed by atoms with Crippen LogP contribution in [0.25, 0.3) is 12.7 Å². The zero-order valence-corrected chi connectivity index (χ0v) is 20.8. The van der Waals surface area contributed by atoms with E-state index < -0.39 is 5.41 Å². The van der Waals surface area contributed by atoms with E-state index in [2.05, 4.69) is 53.3 Å². The molecule has 6 atom stereocenters. The second kappa shape index (κ2) is 6.46. The molecule has 0 saturated heterocycles. The lowest BCUT2D eigenvalue weighted by atomic mass is 9.34. The Hall–Kier alpha value is -2.23. The Balaban J connectivity index is 1.68. The molecule has 0 aliphatic heterocycles. The van der Waals surface area contributed by atoms with Crippen molar-refractivity contribution in [2.24, 2.45) is 33.3 Å². The van der Waals surface area contributed by atoms with Crippen LogP contribution in [0.5, 0.6) is 11.5 Å². The Bertz CT molecular complexity index is 1220. The number of hydrogen-bond donors (Lipinski definition) is 3. The number of fused-ring (bicyclic) bond motifs is 7. The van der Waals surface area contributed by atoms with Gasteiger partial charge in [0.2, 0.25) is 5.91 Å². The molecular weight excluding hydrogens is 410 g/mol. The first-order valence-corrected chi connectivity index (χ1v) is 12.5. The first-order valence-electron chi connectivity index (χ1n) is 12.5. The Morgan fingerprint density at radius 3 is 2.33 bits per heavy atom. The molecule has 3 fully saturated rings. The van der Waals surface area contributed by atoms with E-state index in [1.54, 1.807) is 6.07 Å². The number of aromatic hydroxyl groups is 2. The maximum atomic E-state index is 12.5. The number of allylic oxidation sites excluding steroid dienone is 2. The maximum Gasteiger partial charge on any atom is 0.223 e. The average Bonchev–Trinajstić information content (AvgIpc) is 2.75. The molecule has 33 heavy (non-hydrogen) atoms. The summed E-state index contributed by atoms with van der Waals surface area (Å²) in [6.07, 6.45) is 11.5. The molecule has 0 radical (unpaired) electrons. The average molecular weight is 450 g/mol. The van der Waals surface area contributed by atoms with Crippen molar-refractivity contribution in [3.8, 4) is 11.5 Å². The third-order valence-corrected chi connectivity index (χ3v) is 11.3. The van der Waals surface area contributed by atoms with Gasteiger partial charge in [-0.15, -0.1) is 0 Å². The van der Waals surface area contributed by atoms with Gasteiger partial charge < -0.3 is 15.9 Å². The molecule has 1 amide bonds. The molecule has 4 heteroatoms. The van der Waals surface area contributed by atoms with Gasteiger partial charge in [0.05, 0.1) is 0 Å². The van der Waals surface area contributed by atoms with Crippen molar-refractivity contribution in [3.63, 3.8) is 0 Å². The van der Waals surface area contributed by atoms with Crippen molar-refractivity contribution in [2.45, 2.75) is 85.0 Å². The topological polar surface area (TPSA) is 83.6 Å². The molecule has 5 rings (SSSR count). The molecule has 0 heterocycles. The lowest BCUT2D eigenvalue weighted by molar-refractivity contribution is -0.165. The summed E-state index contributed by atoms with van der Waals surface area (Å²) < 4.78 is 0. The van der Waals surface area contributed by atoms with Crippen molar-refractivity contribution < 1.29 is 15.0 Å². The summed E-state index contributed by atoms with van der Waals surface area (Å²) >= 11 is 0. The van der Waals surface area contributed by atoms with Gasteiger partial charge in [0.25, 0.3) is 0 Å². The SMILES string of the molecule is C=c1c(O)c(O)cc2c1=CC=C1[C@@]2(C)CC[C@@]2(C)[C@@H]3C[C@](C)(C(N)=O)CC[C@]3(C)CC[C@]12C. The van der Waals surface area contributed by atoms with Crippen LogP contribution in [-0.2, 0) is 10.2 Å². The summed E-state index contributed by atoms with van der Waals surface area (Å²) in [5, 5.41) is 22.2. The largest absolute Gasteiger partial charge is 0.504 e. The van der Waals surface area contributed by atoms with Crippen molar-refractivity contribution in [2.75, 3.05) is 0 Å². The molecule has 1 aromatic carbocycles. The molecule has 4 N–H and O–H groups in total. The number of hydrogen-bond acceptors (Lipinski definition) is 3. The highest BCUT2D eigenvalue weighted by Gasteiger charge is 2.66. The number of carbonyl (C=O) groups is 1. The van der Waals surface area contributed by atoms with Gasteiger partial charge >= 0.3 is 0 Å².